The number of hydrogen-bond donors (Lipinski definition) is 1. The third-order valence-corrected chi connectivity index (χ3v) is 3.64. The van der Waals surface area contributed by atoms with Crippen LogP contribution in [0.1, 0.15) is 21.5 Å². The van der Waals surface area contributed by atoms with Gasteiger partial charge in [-0.1, -0.05) is 36.3 Å². The van der Waals surface area contributed by atoms with Gasteiger partial charge in [-0.2, -0.15) is 0 Å². The molecular weight excluding hydrogens is 290 g/mol. The van der Waals surface area contributed by atoms with Crippen LogP contribution in [-0.2, 0) is 11.2 Å². The number of carboxylic acids is 1. The molecule has 23 heavy (non-hydrogen) atoms. The standard InChI is InChI=1S/C19H17NO3/c1-3-14-9-11-16(12-10-14)18(21)20(2)17(19(22)23)13-15-7-5-4-6-8-15/h1,4-12,17H,13H2,2H3,(H,22,23)/t17-/m0/s1. The Labute approximate surface area is 135 Å². The number of aliphatic carboxylic acids is 1. The molecule has 0 aliphatic carbocycles. The number of terminal acetylenes is 1. The first-order valence-corrected chi connectivity index (χ1v) is 7.13. The van der Waals surface area contributed by atoms with Crippen molar-refractivity contribution in [1.82, 2.24) is 4.90 Å². The Hall–Kier alpha value is -3.06. The highest BCUT2D eigenvalue weighted by atomic mass is 16.4. The lowest BCUT2D eigenvalue weighted by Gasteiger charge is -2.25. The van der Waals surface area contributed by atoms with E-state index in [1.165, 1.54) is 11.9 Å². The first-order chi connectivity index (χ1) is 11.0. The molecule has 0 unspecified atom stereocenters. The van der Waals surface area contributed by atoms with E-state index in [0.717, 1.165) is 5.56 Å². The lowest BCUT2D eigenvalue weighted by molar-refractivity contribution is -0.141. The zero-order valence-electron chi connectivity index (χ0n) is 12.8. The van der Waals surface area contributed by atoms with E-state index in [9.17, 15) is 14.7 Å². The number of hydrogen-bond acceptors (Lipinski definition) is 2. The van der Waals surface area contributed by atoms with Crippen molar-refractivity contribution in [3.63, 3.8) is 0 Å². The molecule has 0 aliphatic heterocycles. The van der Waals surface area contributed by atoms with E-state index < -0.39 is 12.0 Å². The molecule has 0 aliphatic rings. The third-order valence-electron chi connectivity index (χ3n) is 3.64. The molecular formula is C19H17NO3. The molecule has 0 spiro atoms. The van der Waals surface area contributed by atoms with Crippen LogP contribution in [-0.4, -0.2) is 35.0 Å². The fraction of sp³-hybridized carbons (Fsp3) is 0.158. The Morgan fingerprint density at radius 2 is 1.74 bits per heavy atom. The minimum Gasteiger partial charge on any atom is -0.480 e. The van der Waals surface area contributed by atoms with Crippen molar-refractivity contribution >= 4 is 11.9 Å². The van der Waals surface area contributed by atoms with E-state index in [0.29, 0.717) is 11.1 Å². The van der Waals surface area contributed by atoms with Crippen LogP contribution in [0.2, 0.25) is 0 Å². The molecule has 2 aromatic carbocycles. The minimum atomic E-state index is -1.04. The van der Waals surface area contributed by atoms with Gasteiger partial charge in [0.25, 0.3) is 5.91 Å². The van der Waals surface area contributed by atoms with Crippen LogP contribution >= 0.6 is 0 Å². The molecule has 0 heterocycles. The molecule has 1 N–H and O–H groups in total. The van der Waals surface area contributed by atoms with Crippen LogP contribution < -0.4 is 0 Å². The molecule has 116 valence electrons. The molecule has 0 fully saturated rings. The predicted molar refractivity (Wildman–Crippen MR) is 88.0 cm³/mol. The molecule has 0 radical (unpaired) electrons. The molecule has 2 rings (SSSR count). The maximum absolute atomic E-state index is 12.5. The van der Waals surface area contributed by atoms with Crippen molar-refractivity contribution in [1.29, 1.82) is 0 Å². The number of amides is 1. The van der Waals surface area contributed by atoms with Gasteiger partial charge in [-0.15, -0.1) is 6.42 Å². The number of carbonyl (C=O) groups is 2. The third kappa shape index (κ3) is 3.98. The predicted octanol–water partition coefficient (Wildman–Crippen LogP) is 2.44. The van der Waals surface area contributed by atoms with Gasteiger partial charge >= 0.3 is 5.97 Å². The summed E-state index contributed by atoms with van der Waals surface area (Å²) in [5, 5.41) is 9.46. The summed E-state index contributed by atoms with van der Waals surface area (Å²) in [4.78, 5) is 25.3. The van der Waals surface area contributed by atoms with Crippen LogP contribution in [0.15, 0.2) is 54.6 Å². The van der Waals surface area contributed by atoms with Gasteiger partial charge in [-0.25, -0.2) is 4.79 Å². The topological polar surface area (TPSA) is 57.6 Å². The van der Waals surface area contributed by atoms with Crippen LogP contribution in [0.25, 0.3) is 0 Å². The van der Waals surface area contributed by atoms with Gasteiger partial charge in [0.1, 0.15) is 6.04 Å². The molecule has 0 saturated heterocycles. The molecule has 0 bridgehead atoms. The van der Waals surface area contributed by atoms with Gasteiger partial charge < -0.3 is 10.0 Å². The van der Waals surface area contributed by atoms with Crippen molar-refractivity contribution < 1.29 is 14.7 Å². The van der Waals surface area contributed by atoms with E-state index in [2.05, 4.69) is 5.92 Å². The summed E-state index contributed by atoms with van der Waals surface area (Å²) in [6.45, 7) is 0. The van der Waals surface area contributed by atoms with Crippen LogP contribution in [0.3, 0.4) is 0 Å². The fourth-order valence-corrected chi connectivity index (χ4v) is 2.28. The SMILES string of the molecule is C#Cc1ccc(C(=O)N(C)[C@@H](Cc2ccccc2)C(=O)O)cc1. The van der Waals surface area contributed by atoms with Crippen molar-refractivity contribution in [3.05, 3.63) is 71.3 Å². The van der Waals surface area contributed by atoms with Crippen LogP contribution in [0.4, 0.5) is 0 Å². The van der Waals surface area contributed by atoms with Gasteiger partial charge in [0, 0.05) is 24.6 Å². The summed E-state index contributed by atoms with van der Waals surface area (Å²) in [6, 6.07) is 14.8. The quantitative estimate of drug-likeness (QED) is 0.863. The summed E-state index contributed by atoms with van der Waals surface area (Å²) in [5.74, 6) is 1.09. The number of benzene rings is 2. The van der Waals surface area contributed by atoms with Crippen LogP contribution in [0, 0.1) is 12.3 Å². The summed E-state index contributed by atoms with van der Waals surface area (Å²) in [5.41, 5.74) is 1.94. The second-order valence-corrected chi connectivity index (χ2v) is 5.18. The highest BCUT2D eigenvalue weighted by Gasteiger charge is 2.27. The lowest BCUT2D eigenvalue weighted by Crippen LogP contribution is -2.43. The van der Waals surface area contributed by atoms with Gasteiger partial charge in [0.05, 0.1) is 0 Å². The maximum atomic E-state index is 12.5. The summed E-state index contributed by atoms with van der Waals surface area (Å²) in [6.07, 6.45) is 5.54. The van der Waals surface area contributed by atoms with E-state index >= 15 is 0 Å². The Morgan fingerprint density at radius 3 is 2.26 bits per heavy atom. The largest absolute Gasteiger partial charge is 0.480 e. The average molecular weight is 307 g/mol. The second kappa shape index (κ2) is 7.28. The van der Waals surface area contributed by atoms with Crippen molar-refractivity contribution in [2.24, 2.45) is 0 Å². The monoisotopic (exact) mass is 307 g/mol. The van der Waals surface area contributed by atoms with Crippen molar-refractivity contribution in [3.8, 4) is 12.3 Å². The molecule has 2 aromatic rings. The molecule has 0 saturated carbocycles. The Morgan fingerprint density at radius 1 is 1.13 bits per heavy atom. The molecule has 4 heteroatoms. The van der Waals surface area contributed by atoms with Crippen molar-refractivity contribution in [2.75, 3.05) is 7.05 Å². The van der Waals surface area contributed by atoms with Gasteiger partial charge in [0.2, 0.25) is 0 Å². The molecule has 1 amide bonds. The minimum absolute atomic E-state index is 0.251. The maximum Gasteiger partial charge on any atom is 0.326 e. The first-order valence-electron chi connectivity index (χ1n) is 7.13. The van der Waals surface area contributed by atoms with E-state index in [4.69, 9.17) is 6.42 Å². The Kier molecular flexibility index (Phi) is 5.16. The van der Waals surface area contributed by atoms with Crippen LogP contribution in [0.5, 0.6) is 0 Å². The van der Waals surface area contributed by atoms with Gasteiger partial charge in [0.15, 0.2) is 0 Å². The van der Waals surface area contributed by atoms with E-state index in [1.807, 2.05) is 30.3 Å². The fourth-order valence-electron chi connectivity index (χ4n) is 2.28. The first kappa shape index (κ1) is 16.3. The summed E-state index contributed by atoms with van der Waals surface area (Å²) < 4.78 is 0. The summed E-state index contributed by atoms with van der Waals surface area (Å²) in [7, 11) is 1.50. The Bertz CT molecular complexity index is 729. The molecule has 0 aromatic heterocycles. The molecule has 4 nitrogen and oxygen atoms in total. The summed E-state index contributed by atoms with van der Waals surface area (Å²) >= 11 is 0. The highest BCUT2D eigenvalue weighted by molar-refractivity contribution is 5.96. The van der Waals surface area contributed by atoms with E-state index in [-0.39, 0.29) is 12.3 Å². The zero-order chi connectivity index (χ0) is 16.8. The zero-order valence-corrected chi connectivity index (χ0v) is 12.8. The number of nitrogens with zero attached hydrogens (tertiary/aromatic N) is 1. The van der Waals surface area contributed by atoms with Gasteiger partial charge in [-0.3, -0.25) is 4.79 Å². The second-order valence-electron chi connectivity index (χ2n) is 5.18. The number of rotatable bonds is 5. The van der Waals surface area contributed by atoms with Gasteiger partial charge in [-0.05, 0) is 29.8 Å². The average Bonchev–Trinajstić information content (AvgIpc) is 2.59. The molecule has 1 atom stereocenters. The van der Waals surface area contributed by atoms with Crippen molar-refractivity contribution in [2.45, 2.75) is 12.5 Å². The number of carbonyl (C=O) groups excluding carboxylic acids is 1. The number of carboxylic acid groups (broad SMARTS) is 1. The lowest BCUT2D eigenvalue weighted by atomic mass is 10.0. The highest BCUT2D eigenvalue weighted by Crippen LogP contribution is 2.13. The number of likely N-dealkylation sites (N-methyl/N-ethyl adjacent to an activating group) is 1. The van der Waals surface area contributed by atoms with E-state index in [1.54, 1.807) is 24.3 Å². The Balaban J connectivity index is 2.19. The smallest absolute Gasteiger partial charge is 0.326 e. The normalized spacial score (nSPS) is 11.3.